The van der Waals surface area contributed by atoms with Gasteiger partial charge in [-0.25, -0.2) is 0 Å². The van der Waals surface area contributed by atoms with Crippen molar-refractivity contribution < 1.29 is 14.6 Å². The summed E-state index contributed by atoms with van der Waals surface area (Å²) >= 11 is 0. The van der Waals surface area contributed by atoms with Gasteiger partial charge in [-0.05, 0) is 24.3 Å². The normalized spacial score (nSPS) is 11.9. The number of ether oxygens (including phenoxy) is 2. The number of hydrogen-bond donors (Lipinski definition) is 1. The first-order valence-corrected chi connectivity index (χ1v) is 5.66. The molecular formula is C14H15NO3. The Balaban J connectivity index is 1.99. The molecule has 0 aliphatic heterocycles. The molecule has 1 heterocycles. The number of nitrogens with zero attached hydrogens (tertiary/aromatic N) is 1. The monoisotopic (exact) mass is 245 g/mol. The van der Waals surface area contributed by atoms with Crippen molar-refractivity contribution in [1.29, 1.82) is 0 Å². The second-order valence-corrected chi connectivity index (χ2v) is 3.73. The molecule has 2 rings (SSSR count). The van der Waals surface area contributed by atoms with Gasteiger partial charge in [-0.15, -0.1) is 0 Å². The van der Waals surface area contributed by atoms with Crippen LogP contribution in [0.4, 0.5) is 0 Å². The van der Waals surface area contributed by atoms with E-state index in [9.17, 15) is 5.11 Å². The van der Waals surface area contributed by atoms with E-state index in [0.29, 0.717) is 17.2 Å². The van der Waals surface area contributed by atoms with Crippen LogP contribution in [0.1, 0.15) is 11.8 Å². The van der Waals surface area contributed by atoms with Gasteiger partial charge in [0, 0.05) is 6.20 Å². The molecule has 0 saturated carbocycles. The average molecular weight is 245 g/mol. The molecule has 0 aliphatic carbocycles. The third-order valence-electron chi connectivity index (χ3n) is 2.49. The number of aromatic nitrogens is 1. The Kier molecular flexibility index (Phi) is 4.15. The van der Waals surface area contributed by atoms with E-state index in [0.717, 1.165) is 0 Å². The first kappa shape index (κ1) is 12.4. The summed E-state index contributed by atoms with van der Waals surface area (Å²) in [6.07, 6.45) is 0.887. The number of hydrogen-bond acceptors (Lipinski definition) is 4. The molecule has 0 saturated heterocycles. The molecule has 4 heteroatoms. The number of benzene rings is 1. The van der Waals surface area contributed by atoms with Crippen molar-refractivity contribution in [3.8, 4) is 11.5 Å². The van der Waals surface area contributed by atoms with Crippen molar-refractivity contribution in [2.75, 3.05) is 13.7 Å². The van der Waals surface area contributed by atoms with Crippen LogP contribution >= 0.6 is 0 Å². The van der Waals surface area contributed by atoms with Gasteiger partial charge < -0.3 is 14.6 Å². The van der Waals surface area contributed by atoms with Crippen LogP contribution in [0, 0.1) is 0 Å². The van der Waals surface area contributed by atoms with E-state index < -0.39 is 6.10 Å². The maximum absolute atomic E-state index is 9.92. The molecule has 1 N–H and O–H groups in total. The minimum Gasteiger partial charge on any atom is -0.493 e. The van der Waals surface area contributed by atoms with Gasteiger partial charge in [0.1, 0.15) is 12.7 Å². The Labute approximate surface area is 106 Å². The van der Waals surface area contributed by atoms with E-state index in [1.165, 1.54) is 0 Å². The van der Waals surface area contributed by atoms with Crippen LogP contribution in [0.3, 0.4) is 0 Å². The van der Waals surface area contributed by atoms with E-state index in [2.05, 4.69) is 4.98 Å². The lowest BCUT2D eigenvalue weighted by atomic mass is 10.2. The number of para-hydroxylation sites is 2. The van der Waals surface area contributed by atoms with Crippen molar-refractivity contribution in [1.82, 2.24) is 4.98 Å². The topological polar surface area (TPSA) is 51.6 Å². The zero-order valence-corrected chi connectivity index (χ0v) is 10.1. The molecule has 0 radical (unpaired) electrons. The lowest BCUT2D eigenvalue weighted by molar-refractivity contribution is 0.103. The molecule has 0 bridgehead atoms. The van der Waals surface area contributed by atoms with Crippen molar-refractivity contribution in [3.63, 3.8) is 0 Å². The van der Waals surface area contributed by atoms with Crippen molar-refractivity contribution in [3.05, 3.63) is 54.4 Å². The van der Waals surface area contributed by atoms with Crippen molar-refractivity contribution >= 4 is 0 Å². The number of rotatable bonds is 5. The number of aliphatic hydroxyl groups excluding tert-OH is 1. The standard InChI is InChI=1S/C14H15NO3/c1-17-13-7-2-3-8-14(13)18-10-12(16)11-6-4-5-9-15-11/h2-9,12,16H,10H2,1H3. The van der Waals surface area contributed by atoms with E-state index in [1.807, 2.05) is 24.3 Å². The fourth-order valence-corrected chi connectivity index (χ4v) is 1.57. The third-order valence-corrected chi connectivity index (χ3v) is 2.49. The number of methoxy groups -OCH3 is 1. The van der Waals surface area contributed by atoms with Gasteiger partial charge >= 0.3 is 0 Å². The van der Waals surface area contributed by atoms with Gasteiger partial charge in [-0.1, -0.05) is 18.2 Å². The highest BCUT2D eigenvalue weighted by atomic mass is 16.5. The minimum atomic E-state index is -0.754. The Bertz CT molecular complexity index is 487. The molecule has 1 atom stereocenters. The molecule has 2 aromatic rings. The van der Waals surface area contributed by atoms with Crippen LogP contribution in [0.15, 0.2) is 48.7 Å². The van der Waals surface area contributed by atoms with Crippen LogP contribution in [0.2, 0.25) is 0 Å². The predicted octanol–water partition coefficient (Wildman–Crippen LogP) is 2.20. The van der Waals surface area contributed by atoms with E-state index in [-0.39, 0.29) is 6.61 Å². The van der Waals surface area contributed by atoms with E-state index in [1.54, 1.807) is 31.5 Å². The Morgan fingerprint density at radius 3 is 2.50 bits per heavy atom. The zero-order valence-electron chi connectivity index (χ0n) is 10.1. The average Bonchev–Trinajstić information content (AvgIpc) is 2.46. The van der Waals surface area contributed by atoms with Crippen LogP contribution < -0.4 is 9.47 Å². The van der Waals surface area contributed by atoms with Crippen molar-refractivity contribution in [2.24, 2.45) is 0 Å². The summed E-state index contributed by atoms with van der Waals surface area (Å²) in [6, 6.07) is 12.7. The molecule has 94 valence electrons. The summed E-state index contributed by atoms with van der Waals surface area (Å²) in [5.74, 6) is 1.25. The van der Waals surface area contributed by atoms with Crippen LogP contribution in [0.5, 0.6) is 11.5 Å². The summed E-state index contributed by atoms with van der Waals surface area (Å²) in [4.78, 5) is 4.07. The molecule has 1 unspecified atom stereocenters. The van der Waals surface area contributed by atoms with Gasteiger partial charge in [0.25, 0.3) is 0 Å². The molecule has 0 spiro atoms. The summed E-state index contributed by atoms with van der Waals surface area (Å²) < 4.78 is 10.7. The maximum Gasteiger partial charge on any atom is 0.161 e. The quantitative estimate of drug-likeness (QED) is 0.877. The molecular weight excluding hydrogens is 230 g/mol. The lowest BCUT2D eigenvalue weighted by Crippen LogP contribution is -2.11. The number of pyridine rings is 1. The lowest BCUT2D eigenvalue weighted by Gasteiger charge is -2.13. The SMILES string of the molecule is COc1ccccc1OCC(O)c1ccccn1. The van der Waals surface area contributed by atoms with Crippen LogP contribution in [-0.2, 0) is 0 Å². The fourth-order valence-electron chi connectivity index (χ4n) is 1.57. The maximum atomic E-state index is 9.92. The van der Waals surface area contributed by atoms with Gasteiger partial charge in [-0.2, -0.15) is 0 Å². The Morgan fingerprint density at radius 2 is 1.83 bits per heavy atom. The Hall–Kier alpha value is -2.07. The van der Waals surface area contributed by atoms with Gasteiger partial charge in [0.05, 0.1) is 12.8 Å². The summed E-state index contributed by atoms with van der Waals surface area (Å²) in [6.45, 7) is 0.136. The van der Waals surface area contributed by atoms with Crippen molar-refractivity contribution in [2.45, 2.75) is 6.10 Å². The molecule has 1 aromatic carbocycles. The fraction of sp³-hybridized carbons (Fsp3) is 0.214. The number of aliphatic hydroxyl groups is 1. The second-order valence-electron chi connectivity index (χ2n) is 3.73. The van der Waals surface area contributed by atoms with Crippen LogP contribution in [-0.4, -0.2) is 23.8 Å². The zero-order chi connectivity index (χ0) is 12.8. The summed E-state index contributed by atoms with van der Waals surface area (Å²) in [5.41, 5.74) is 0.590. The first-order valence-electron chi connectivity index (χ1n) is 5.66. The highest BCUT2D eigenvalue weighted by Crippen LogP contribution is 2.26. The molecule has 0 amide bonds. The molecule has 0 aliphatic rings. The smallest absolute Gasteiger partial charge is 0.161 e. The summed E-state index contributed by atoms with van der Waals surface area (Å²) in [7, 11) is 1.58. The molecule has 0 fully saturated rings. The minimum absolute atomic E-state index is 0.136. The Morgan fingerprint density at radius 1 is 1.11 bits per heavy atom. The first-order chi connectivity index (χ1) is 8.81. The van der Waals surface area contributed by atoms with Crippen LogP contribution in [0.25, 0.3) is 0 Å². The third kappa shape index (κ3) is 2.99. The highest BCUT2D eigenvalue weighted by molar-refractivity contribution is 5.39. The van der Waals surface area contributed by atoms with Gasteiger partial charge in [0.2, 0.25) is 0 Å². The van der Waals surface area contributed by atoms with E-state index in [4.69, 9.17) is 9.47 Å². The van der Waals surface area contributed by atoms with Gasteiger partial charge in [-0.3, -0.25) is 4.98 Å². The highest BCUT2D eigenvalue weighted by Gasteiger charge is 2.10. The molecule has 4 nitrogen and oxygen atoms in total. The molecule has 1 aromatic heterocycles. The largest absolute Gasteiger partial charge is 0.493 e. The summed E-state index contributed by atoms with van der Waals surface area (Å²) in [5, 5.41) is 9.92. The molecule has 18 heavy (non-hydrogen) atoms. The second kappa shape index (κ2) is 6.02. The van der Waals surface area contributed by atoms with E-state index >= 15 is 0 Å². The van der Waals surface area contributed by atoms with Gasteiger partial charge in [0.15, 0.2) is 11.5 Å². The predicted molar refractivity (Wildman–Crippen MR) is 67.7 cm³/mol.